The van der Waals surface area contributed by atoms with Gasteiger partial charge in [0.05, 0.1) is 6.54 Å². The van der Waals surface area contributed by atoms with Crippen molar-refractivity contribution < 1.29 is 14.6 Å². The minimum Gasteiger partial charge on any atom is -0.490 e. The molecule has 122 valence electrons. The van der Waals surface area contributed by atoms with Gasteiger partial charge in [0.1, 0.15) is 18.5 Å². The van der Waals surface area contributed by atoms with E-state index in [0.29, 0.717) is 0 Å². The van der Waals surface area contributed by atoms with Gasteiger partial charge in [0.25, 0.3) is 0 Å². The molecule has 2 rings (SSSR count). The number of carbonyl (C=O) groups excluding carboxylic acids is 1. The lowest BCUT2D eigenvalue weighted by Crippen LogP contribution is -2.42. The van der Waals surface area contributed by atoms with Crippen LogP contribution in [0.2, 0.25) is 0 Å². The van der Waals surface area contributed by atoms with Crippen LogP contribution in [0.1, 0.15) is 13.8 Å². The van der Waals surface area contributed by atoms with E-state index in [-0.39, 0.29) is 25.1 Å². The van der Waals surface area contributed by atoms with E-state index in [1.165, 1.54) is 6.08 Å². The molecule has 0 aliphatic carbocycles. The number of nitrogens with zero attached hydrogens (tertiary/aromatic N) is 1. The summed E-state index contributed by atoms with van der Waals surface area (Å²) < 4.78 is 5.76. The largest absolute Gasteiger partial charge is 0.490 e. The molecule has 4 heteroatoms. The van der Waals surface area contributed by atoms with Gasteiger partial charge in [-0.1, -0.05) is 43.0 Å². The van der Waals surface area contributed by atoms with Gasteiger partial charge < -0.3 is 14.7 Å². The molecule has 1 N–H and O–H groups in total. The summed E-state index contributed by atoms with van der Waals surface area (Å²) in [7, 11) is 0. The molecule has 2 aromatic rings. The molecule has 0 heterocycles. The van der Waals surface area contributed by atoms with Crippen molar-refractivity contribution in [1.82, 2.24) is 4.90 Å². The lowest BCUT2D eigenvalue weighted by atomic mass is 10.1. The molecule has 0 saturated carbocycles. The fourth-order valence-corrected chi connectivity index (χ4v) is 2.46. The monoisotopic (exact) mass is 313 g/mol. The Labute approximate surface area is 137 Å². The third kappa shape index (κ3) is 4.33. The van der Waals surface area contributed by atoms with E-state index in [0.717, 1.165) is 16.5 Å². The molecule has 0 aliphatic heterocycles. The Hall–Kier alpha value is -2.33. The summed E-state index contributed by atoms with van der Waals surface area (Å²) in [5.74, 6) is 0.539. The van der Waals surface area contributed by atoms with Gasteiger partial charge in [0.15, 0.2) is 0 Å². The van der Waals surface area contributed by atoms with Crippen LogP contribution >= 0.6 is 0 Å². The Morgan fingerprint density at radius 1 is 1.26 bits per heavy atom. The Morgan fingerprint density at radius 2 is 1.96 bits per heavy atom. The van der Waals surface area contributed by atoms with Gasteiger partial charge in [-0.25, -0.2) is 0 Å². The standard InChI is InChI=1S/C19H23NO3/c1-4-19(22)20(14(2)3)12-16(21)13-23-18-11-7-9-15-8-5-6-10-17(15)18/h4-11,14,16,21H,1,12-13H2,2-3H3. The summed E-state index contributed by atoms with van der Waals surface area (Å²) in [4.78, 5) is 13.4. The molecule has 2 aromatic carbocycles. The quantitative estimate of drug-likeness (QED) is 0.800. The third-order valence-electron chi connectivity index (χ3n) is 3.67. The number of carbonyl (C=O) groups is 1. The van der Waals surface area contributed by atoms with E-state index in [2.05, 4.69) is 6.58 Å². The van der Waals surface area contributed by atoms with Crippen LogP contribution in [0.5, 0.6) is 5.75 Å². The molecule has 0 aromatic heterocycles. The smallest absolute Gasteiger partial charge is 0.246 e. The zero-order valence-electron chi connectivity index (χ0n) is 13.6. The maximum atomic E-state index is 11.8. The van der Waals surface area contributed by atoms with Crippen LogP contribution in [0.15, 0.2) is 55.1 Å². The molecule has 1 atom stereocenters. The van der Waals surface area contributed by atoms with Gasteiger partial charge in [-0.05, 0) is 31.4 Å². The highest BCUT2D eigenvalue weighted by Crippen LogP contribution is 2.25. The Balaban J connectivity index is 2.02. The summed E-state index contributed by atoms with van der Waals surface area (Å²) in [6.07, 6.45) is 0.499. The summed E-state index contributed by atoms with van der Waals surface area (Å²) in [6.45, 7) is 7.64. The first kappa shape index (κ1) is 17.0. The first-order chi connectivity index (χ1) is 11.0. The number of rotatable bonds is 7. The molecule has 4 nitrogen and oxygen atoms in total. The highest BCUT2D eigenvalue weighted by Gasteiger charge is 2.18. The van der Waals surface area contributed by atoms with Crippen LogP contribution in [-0.4, -0.2) is 41.2 Å². The third-order valence-corrected chi connectivity index (χ3v) is 3.67. The number of hydrogen-bond donors (Lipinski definition) is 1. The van der Waals surface area contributed by atoms with E-state index >= 15 is 0 Å². The van der Waals surface area contributed by atoms with Crippen molar-refractivity contribution in [3.05, 3.63) is 55.1 Å². The fraction of sp³-hybridized carbons (Fsp3) is 0.316. The molecule has 0 aliphatic rings. The number of ether oxygens (including phenoxy) is 1. The van der Waals surface area contributed by atoms with Gasteiger partial charge in [-0.3, -0.25) is 4.79 Å². The van der Waals surface area contributed by atoms with E-state index in [1.807, 2.05) is 56.3 Å². The topological polar surface area (TPSA) is 49.8 Å². The van der Waals surface area contributed by atoms with Crippen LogP contribution in [0, 0.1) is 0 Å². The number of benzene rings is 2. The highest BCUT2D eigenvalue weighted by atomic mass is 16.5. The van der Waals surface area contributed by atoms with Gasteiger partial charge in [0, 0.05) is 11.4 Å². The van der Waals surface area contributed by atoms with Gasteiger partial charge in [-0.15, -0.1) is 0 Å². The maximum absolute atomic E-state index is 11.8. The van der Waals surface area contributed by atoms with E-state index in [9.17, 15) is 9.90 Å². The van der Waals surface area contributed by atoms with E-state index < -0.39 is 6.10 Å². The van der Waals surface area contributed by atoms with Crippen LogP contribution < -0.4 is 4.74 Å². The first-order valence-corrected chi connectivity index (χ1v) is 7.74. The maximum Gasteiger partial charge on any atom is 0.246 e. The zero-order valence-corrected chi connectivity index (χ0v) is 13.6. The van der Waals surface area contributed by atoms with Crippen molar-refractivity contribution in [3.63, 3.8) is 0 Å². The lowest BCUT2D eigenvalue weighted by Gasteiger charge is -2.28. The number of fused-ring (bicyclic) bond motifs is 1. The van der Waals surface area contributed by atoms with E-state index in [4.69, 9.17) is 4.74 Å². The second-order valence-electron chi connectivity index (χ2n) is 5.73. The Bertz CT molecular complexity index is 676. The van der Waals surface area contributed by atoms with Gasteiger partial charge in [-0.2, -0.15) is 0 Å². The second kappa shape index (κ2) is 7.79. The normalized spacial score (nSPS) is 12.2. The predicted molar refractivity (Wildman–Crippen MR) is 92.5 cm³/mol. The van der Waals surface area contributed by atoms with Crippen molar-refractivity contribution in [2.24, 2.45) is 0 Å². The summed E-state index contributed by atoms with van der Waals surface area (Å²) in [6, 6.07) is 13.7. The minimum atomic E-state index is -0.764. The lowest BCUT2D eigenvalue weighted by molar-refractivity contribution is -0.129. The Kier molecular flexibility index (Phi) is 5.77. The summed E-state index contributed by atoms with van der Waals surface area (Å²) in [5, 5.41) is 12.3. The molecule has 0 fully saturated rings. The molecule has 0 spiro atoms. The van der Waals surface area contributed by atoms with Gasteiger partial charge in [0.2, 0.25) is 5.91 Å². The molecule has 0 radical (unpaired) electrons. The second-order valence-corrected chi connectivity index (χ2v) is 5.73. The van der Waals surface area contributed by atoms with Crippen LogP contribution in [0.25, 0.3) is 10.8 Å². The fourth-order valence-electron chi connectivity index (χ4n) is 2.46. The van der Waals surface area contributed by atoms with Crippen molar-refractivity contribution in [2.75, 3.05) is 13.2 Å². The SMILES string of the molecule is C=CC(=O)N(CC(O)COc1cccc2ccccc12)C(C)C. The molecule has 23 heavy (non-hydrogen) atoms. The first-order valence-electron chi connectivity index (χ1n) is 7.74. The molecular formula is C19H23NO3. The van der Waals surface area contributed by atoms with Crippen LogP contribution in [0.4, 0.5) is 0 Å². The van der Waals surface area contributed by atoms with Crippen molar-refractivity contribution >= 4 is 16.7 Å². The molecule has 1 unspecified atom stereocenters. The minimum absolute atomic E-state index is 0.00675. The van der Waals surface area contributed by atoms with Gasteiger partial charge >= 0.3 is 0 Å². The molecule has 1 amide bonds. The van der Waals surface area contributed by atoms with Crippen molar-refractivity contribution in [3.8, 4) is 5.75 Å². The van der Waals surface area contributed by atoms with Crippen LogP contribution in [0.3, 0.4) is 0 Å². The Morgan fingerprint density at radius 3 is 2.65 bits per heavy atom. The average Bonchev–Trinajstić information content (AvgIpc) is 2.56. The molecular weight excluding hydrogens is 290 g/mol. The summed E-state index contributed by atoms with van der Waals surface area (Å²) in [5.41, 5.74) is 0. The number of amides is 1. The number of aliphatic hydroxyl groups excluding tert-OH is 1. The van der Waals surface area contributed by atoms with Crippen molar-refractivity contribution in [1.29, 1.82) is 0 Å². The number of hydrogen-bond acceptors (Lipinski definition) is 3. The zero-order chi connectivity index (χ0) is 16.8. The highest BCUT2D eigenvalue weighted by molar-refractivity contribution is 5.88. The van der Waals surface area contributed by atoms with Crippen molar-refractivity contribution in [2.45, 2.75) is 26.0 Å². The average molecular weight is 313 g/mol. The summed E-state index contributed by atoms with van der Waals surface area (Å²) >= 11 is 0. The van der Waals surface area contributed by atoms with Crippen LogP contribution in [-0.2, 0) is 4.79 Å². The molecule has 0 bridgehead atoms. The molecule has 0 saturated heterocycles. The number of aliphatic hydroxyl groups is 1. The predicted octanol–water partition coefficient (Wildman–Crippen LogP) is 3.00. The van der Waals surface area contributed by atoms with E-state index in [1.54, 1.807) is 4.90 Å².